The first-order valence-corrected chi connectivity index (χ1v) is 8.32. The van der Waals surface area contributed by atoms with Crippen molar-refractivity contribution in [1.29, 1.82) is 0 Å². The summed E-state index contributed by atoms with van der Waals surface area (Å²) in [5.41, 5.74) is 0.728. The summed E-state index contributed by atoms with van der Waals surface area (Å²) in [5.74, 6) is -0.367. The van der Waals surface area contributed by atoms with E-state index in [4.69, 9.17) is 27.9 Å². The smallest absolute Gasteiger partial charge is 0.270 e. The molecule has 0 spiro atoms. The molecule has 1 heterocycles. The maximum atomic E-state index is 12.8. The summed E-state index contributed by atoms with van der Waals surface area (Å²) in [5, 5.41) is 11.7. The summed E-state index contributed by atoms with van der Waals surface area (Å²) in [6, 6.07) is 11.1. The van der Waals surface area contributed by atoms with Crippen molar-refractivity contribution >= 4 is 34.8 Å². The number of carbonyl (C=O) groups excluding carboxylic acids is 1. The van der Waals surface area contributed by atoms with Gasteiger partial charge in [0.15, 0.2) is 0 Å². The lowest BCUT2D eigenvalue weighted by atomic mass is 10.1. The van der Waals surface area contributed by atoms with Crippen LogP contribution < -0.4 is 0 Å². The number of carbonyl (C=O) groups is 1. The molecule has 8 heteroatoms. The number of halogens is 2. The van der Waals surface area contributed by atoms with Crippen molar-refractivity contribution in [3.8, 4) is 0 Å². The van der Waals surface area contributed by atoms with E-state index >= 15 is 0 Å². The molecule has 0 radical (unpaired) electrons. The Bertz CT molecular complexity index is 828. The number of nitrogens with zero attached hydrogens (tertiary/aromatic N) is 2. The Morgan fingerprint density at radius 2 is 1.96 bits per heavy atom. The van der Waals surface area contributed by atoms with Crippen LogP contribution >= 0.6 is 23.2 Å². The molecule has 1 fully saturated rings. The third-order valence-electron chi connectivity index (χ3n) is 4.00. The van der Waals surface area contributed by atoms with Crippen molar-refractivity contribution in [2.24, 2.45) is 0 Å². The summed E-state index contributed by atoms with van der Waals surface area (Å²) in [7, 11) is 0. The van der Waals surface area contributed by atoms with E-state index in [1.165, 1.54) is 18.2 Å². The van der Waals surface area contributed by atoms with Crippen LogP contribution in [0.5, 0.6) is 0 Å². The predicted octanol–water partition coefficient (Wildman–Crippen LogP) is 4.12. The topological polar surface area (TPSA) is 72.7 Å². The minimum absolute atomic E-state index is 0.107. The fourth-order valence-corrected chi connectivity index (χ4v) is 3.17. The number of non-ortho nitro benzene ring substituents is 1. The molecule has 0 aliphatic carbocycles. The van der Waals surface area contributed by atoms with Crippen LogP contribution in [-0.2, 0) is 4.74 Å². The van der Waals surface area contributed by atoms with Gasteiger partial charge >= 0.3 is 0 Å². The molecular formula is C17H14Cl2N2O4. The zero-order valence-electron chi connectivity index (χ0n) is 13.0. The van der Waals surface area contributed by atoms with Gasteiger partial charge < -0.3 is 9.64 Å². The molecule has 1 atom stereocenters. The fourth-order valence-electron chi connectivity index (χ4n) is 2.72. The summed E-state index contributed by atoms with van der Waals surface area (Å²) in [4.78, 5) is 24.7. The number of ether oxygens (including phenoxy) is 1. The highest BCUT2D eigenvalue weighted by Crippen LogP contribution is 2.30. The van der Waals surface area contributed by atoms with Gasteiger partial charge in [-0.1, -0.05) is 41.4 Å². The Hall–Kier alpha value is -2.15. The first kappa shape index (κ1) is 17.7. The minimum Gasteiger partial charge on any atom is -0.370 e. The zero-order chi connectivity index (χ0) is 18.0. The lowest BCUT2D eigenvalue weighted by molar-refractivity contribution is -0.384. The van der Waals surface area contributed by atoms with Gasteiger partial charge in [0.25, 0.3) is 11.6 Å². The number of hydrogen-bond acceptors (Lipinski definition) is 4. The highest BCUT2D eigenvalue weighted by Gasteiger charge is 2.29. The van der Waals surface area contributed by atoms with E-state index in [9.17, 15) is 14.9 Å². The lowest BCUT2D eigenvalue weighted by Crippen LogP contribution is -2.42. The predicted molar refractivity (Wildman–Crippen MR) is 94.2 cm³/mol. The molecule has 25 heavy (non-hydrogen) atoms. The Morgan fingerprint density at radius 1 is 1.20 bits per heavy atom. The largest absolute Gasteiger partial charge is 0.370 e. The second kappa shape index (κ2) is 7.39. The number of nitro groups is 1. The molecule has 0 bridgehead atoms. The molecule has 3 rings (SSSR count). The molecule has 1 aliphatic rings. The van der Waals surface area contributed by atoms with E-state index in [0.717, 1.165) is 5.56 Å². The van der Waals surface area contributed by atoms with Crippen LogP contribution in [0.25, 0.3) is 0 Å². The van der Waals surface area contributed by atoms with Gasteiger partial charge in [-0.25, -0.2) is 0 Å². The van der Waals surface area contributed by atoms with E-state index in [1.807, 2.05) is 18.2 Å². The molecule has 0 saturated carbocycles. The van der Waals surface area contributed by atoms with Gasteiger partial charge in [-0.2, -0.15) is 0 Å². The number of rotatable bonds is 3. The molecule has 2 aromatic rings. The highest BCUT2D eigenvalue weighted by atomic mass is 35.5. The summed E-state index contributed by atoms with van der Waals surface area (Å²) < 4.78 is 5.73. The maximum absolute atomic E-state index is 12.8. The van der Waals surface area contributed by atoms with Gasteiger partial charge in [0.1, 0.15) is 6.10 Å². The Morgan fingerprint density at radius 3 is 2.68 bits per heavy atom. The number of morpholine rings is 1. The molecule has 0 N–H and O–H groups in total. The van der Waals surface area contributed by atoms with Gasteiger partial charge in [-0.05, 0) is 12.1 Å². The van der Waals surface area contributed by atoms with Crippen LogP contribution in [0.4, 0.5) is 5.69 Å². The summed E-state index contributed by atoms with van der Waals surface area (Å²) in [6.07, 6.45) is -0.358. The molecule has 130 valence electrons. The first-order chi connectivity index (χ1) is 12.0. The molecule has 6 nitrogen and oxygen atoms in total. The Balaban J connectivity index is 1.84. The molecule has 0 aromatic heterocycles. The van der Waals surface area contributed by atoms with Crippen LogP contribution in [0.2, 0.25) is 10.0 Å². The molecule has 2 aromatic carbocycles. The van der Waals surface area contributed by atoms with Crippen molar-refractivity contribution in [1.82, 2.24) is 4.90 Å². The standard InChI is InChI=1S/C17H14Cl2N2O4/c18-14-4-2-1-3-12(14)16-10-20(7-8-25-16)17(22)13-9-11(21(23)24)5-6-15(13)19/h1-6,9,16H,7-8,10H2. The fraction of sp³-hybridized carbons (Fsp3) is 0.235. The highest BCUT2D eigenvalue weighted by molar-refractivity contribution is 6.34. The van der Waals surface area contributed by atoms with E-state index in [1.54, 1.807) is 11.0 Å². The quantitative estimate of drug-likeness (QED) is 0.592. The third kappa shape index (κ3) is 3.76. The molecular weight excluding hydrogens is 367 g/mol. The van der Waals surface area contributed by atoms with Crippen LogP contribution in [0, 0.1) is 10.1 Å². The SMILES string of the molecule is O=C(c1cc([N+](=O)[O-])ccc1Cl)N1CCOC(c2ccccc2Cl)C1. The second-order valence-electron chi connectivity index (χ2n) is 5.55. The van der Waals surface area contributed by atoms with Crippen LogP contribution in [0.3, 0.4) is 0 Å². The normalized spacial score (nSPS) is 17.4. The first-order valence-electron chi connectivity index (χ1n) is 7.56. The second-order valence-corrected chi connectivity index (χ2v) is 6.37. The summed E-state index contributed by atoms with van der Waals surface area (Å²) in [6.45, 7) is 1.01. The Kier molecular flexibility index (Phi) is 5.22. The van der Waals surface area contributed by atoms with Gasteiger partial charge in [0, 0.05) is 29.3 Å². The van der Waals surface area contributed by atoms with E-state index < -0.39 is 4.92 Å². The van der Waals surface area contributed by atoms with Crippen LogP contribution in [-0.4, -0.2) is 35.4 Å². The van der Waals surface area contributed by atoms with Crippen LogP contribution in [0.1, 0.15) is 22.0 Å². The van der Waals surface area contributed by atoms with Gasteiger partial charge in [-0.3, -0.25) is 14.9 Å². The van der Waals surface area contributed by atoms with Crippen molar-refractivity contribution in [2.75, 3.05) is 19.7 Å². The number of hydrogen-bond donors (Lipinski definition) is 0. The van der Waals surface area contributed by atoms with Crippen molar-refractivity contribution in [3.05, 3.63) is 73.8 Å². The number of nitro benzene ring substituents is 1. The molecule has 1 amide bonds. The number of benzene rings is 2. The Labute approximate surface area is 154 Å². The van der Waals surface area contributed by atoms with Crippen molar-refractivity contribution in [3.63, 3.8) is 0 Å². The van der Waals surface area contributed by atoms with E-state index in [2.05, 4.69) is 0 Å². The lowest BCUT2D eigenvalue weighted by Gasteiger charge is -2.33. The van der Waals surface area contributed by atoms with E-state index in [0.29, 0.717) is 24.7 Å². The molecule has 1 aliphatic heterocycles. The summed E-state index contributed by atoms with van der Waals surface area (Å²) >= 11 is 12.3. The van der Waals surface area contributed by atoms with Crippen LogP contribution in [0.15, 0.2) is 42.5 Å². The monoisotopic (exact) mass is 380 g/mol. The maximum Gasteiger partial charge on any atom is 0.270 e. The van der Waals surface area contributed by atoms with Gasteiger partial charge in [0.2, 0.25) is 0 Å². The minimum atomic E-state index is -0.557. The molecule has 1 unspecified atom stereocenters. The van der Waals surface area contributed by atoms with E-state index in [-0.39, 0.29) is 28.3 Å². The average Bonchev–Trinajstić information content (AvgIpc) is 2.62. The number of amides is 1. The van der Waals surface area contributed by atoms with Gasteiger partial charge in [-0.15, -0.1) is 0 Å². The third-order valence-corrected chi connectivity index (χ3v) is 4.67. The van der Waals surface area contributed by atoms with Crippen molar-refractivity contribution in [2.45, 2.75) is 6.10 Å². The van der Waals surface area contributed by atoms with Gasteiger partial charge in [0.05, 0.1) is 28.7 Å². The average molecular weight is 381 g/mol. The molecule has 1 saturated heterocycles. The zero-order valence-corrected chi connectivity index (χ0v) is 14.5. The van der Waals surface area contributed by atoms with Crippen molar-refractivity contribution < 1.29 is 14.5 Å².